The van der Waals surface area contributed by atoms with Gasteiger partial charge in [-0.1, -0.05) is 166 Å². The summed E-state index contributed by atoms with van der Waals surface area (Å²) in [5.41, 5.74) is 5.34. The number of carbonyl (C=O) groups excluding carboxylic acids is 2. The number of unbranched alkanes of at least 4 members (excludes halogenated alkanes) is 21. The van der Waals surface area contributed by atoms with Crippen molar-refractivity contribution in [1.82, 2.24) is 0 Å². The quantitative estimate of drug-likeness (QED) is 0.0270. The first-order valence-corrected chi connectivity index (χ1v) is 23.0. The zero-order valence-electron chi connectivity index (χ0n) is 34.0. The molecule has 3 N–H and O–H groups in total. The van der Waals surface area contributed by atoms with Gasteiger partial charge in [-0.05, 0) is 51.4 Å². The molecule has 2 atom stereocenters. The predicted molar refractivity (Wildman–Crippen MR) is 220 cm³/mol. The average molecular weight is 770 g/mol. The molecule has 0 aliphatic heterocycles. The van der Waals surface area contributed by atoms with Crippen molar-refractivity contribution in [3.8, 4) is 0 Å². The number of carbonyl (C=O) groups is 2. The van der Waals surface area contributed by atoms with E-state index in [2.05, 4.69) is 50.3 Å². The molecule has 1 unspecified atom stereocenters. The Labute approximate surface area is 324 Å². The van der Waals surface area contributed by atoms with Crippen LogP contribution in [0.25, 0.3) is 0 Å². The van der Waals surface area contributed by atoms with Crippen LogP contribution in [0.3, 0.4) is 0 Å². The van der Waals surface area contributed by atoms with Crippen LogP contribution in [0.1, 0.15) is 194 Å². The number of hydrogen-bond donors (Lipinski definition) is 2. The standard InChI is InChI=1S/C43H80NO8P/c1-3-5-7-9-11-13-15-17-19-20-22-24-26-28-30-32-34-36-43(46)52-41(40-51-53(47,48)50-38-37-44)39-49-42(45)35-33-31-29-27-25-23-21-18-16-14-12-10-8-6-4-2/h12,14,18,21,25,27,41H,3-11,13,15-17,19-20,22-24,26,28-40,44H2,1-2H3,(H,47,48)/b14-12-,21-18-,27-25-/t41-/m1/s1. The highest BCUT2D eigenvalue weighted by atomic mass is 31.2. The molecule has 0 aromatic carbocycles. The summed E-state index contributed by atoms with van der Waals surface area (Å²) in [5, 5.41) is 0. The second-order valence-electron chi connectivity index (χ2n) is 14.2. The summed E-state index contributed by atoms with van der Waals surface area (Å²) in [6.45, 7) is 3.67. The molecule has 0 radical (unpaired) electrons. The van der Waals surface area contributed by atoms with Crippen LogP contribution in [0.15, 0.2) is 36.5 Å². The van der Waals surface area contributed by atoms with Crippen LogP contribution < -0.4 is 5.73 Å². The molecule has 9 nitrogen and oxygen atoms in total. The van der Waals surface area contributed by atoms with Gasteiger partial charge in [-0.25, -0.2) is 4.57 Å². The highest BCUT2D eigenvalue weighted by Crippen LogP contribution is 2.43. The lowest BCUT2D eigenvalue weighted by molar-refractivity contribution is -0.161. The Morgan fingerprint density at radius 2 is 0.981 bits per heavy atom. The largest absolute Gasteiger partial charge is 0.472 e. The van der Waals surface area contributed by atoms with Crippen LogP contribution in [0.5, 0.6) is 0 Å². The number of hydrogen-bond acceptors (Lipinski definition) is 8. The van der Waals surface area contributed by atoms with Gasteiger partial charge < -0.3 is 20.1 Å². The molecule has 0 saturated carbocycles. The molecule has 0 amide bonds. The number of nitrogens with two attached hydrogens (primary N) is 1. The fraction of sp³-hybridized carbons (Fsp3) is 0.814. The van der Waals surface area contributed by atoms with Crippen molar-refractivity contribution in [3.63, 3.8) is 0 Å². The summed E-state index contributed by atoms with van der Waals surface area (Å²) < 4.78 is 32.7. The Hall–Kier alpha value is -1.77. The van der Waals surface area contributed by atoms with E-state index >= 15 is 0 Å². The van der Waals surface area contributed by atoms with E-state index in [0.717, 1.165) is 44.9 Å². The highest BCUT2D eigenvalue weighted by Gasteiger charge is 2.26. The number of phosphoric ester groups is 1. The molecule has 0 aliphatic rings. The summed E-state index contributed by atoms with van der Waals surface area (Å²) in [7, 11) is -4.38. The average Bonchev–Trinajstić information content (AvgIpc) is 3.14. The minimum Gasteiger partial charge on any atom is -0.462 e. The molecule has 53 heavy (non-hydrogen) atoms. The molecular formula is C43H80NO8P. The molecule has 310 valence electrons. The third-order valence-electron chi connectivity index (χ3n) is 9.03. The van der Waals surface area contributed by atoms with Crippen molar-refractivity contribution in [2.45, 2.75) is 200 Å². The molecular weight excluding hydrogens is 689 g/mol. The van der Waals surface area contributed by atoms with Crippen LogP contribution in [0.2, 0.25) is 0 Å². The van der Waals surface area contributed by atoms with E-state index in [4.69, 9.17) is 24.3 Å². The molecule has 0 rings (SSSR count). The second kappa shape index (κ2) is 39.9. The first-order chi connectivity index (χ1) is 25.8. The van der Waals surface area contributed by atoms with Gasteiger partial charge in [-0.3, -0.25) is 18.6 Å². The van der Waals surface area contributed by atoms with Crippen LogP contribution >= 0.6 is 7.82 Å². The normalized spacial score (nSPS) is 13.7. The summed E-state index contributed by atoms with van der Waals surface area (Å²) in [4.78, 5) is 34.8. The Bertz CT molecular complexity index is 970. The van der Waals surface area contributed by atoms with Gasteiger partial charge in [-0.15, -0.1) is 0 Å². The van der Waals surface area contributed by atoms with Crippen LogP contribution in [-0.4, -0.2) is 49.3 Å². The van der Waals surface area contributed by atoms with Crippen molar-refractivity contribution in [2.75, 3.05) is 26.4 Å². The molecule has 0 aliphatic carbocycles. The van der Waals surface area contributed by atoms with Crippen molar-refractivity contribution < 1.29 is 37.6 Å². The summed E-state index contributed by atoms with van der Waals surface area (Å²) in [6, 6.07) is 0. The number of ether oxygens (including phenoxy) is 2. The van der Waals surface area contributed by atoms with Gasteiger partial charge in [0, 0.05) is 19.4 Å². The molecule has 0 aromatic heterocycles. The molecule has 0 spiro atoms. The molecule has 0 heterocycles. The lowest BCUT2D eigenvalue weighted by Crippen LogP contribution is -2.29. The maximum Gasteiger partial charge on any atom is 0.472 e. The smallest absolute Gasteiger partial charge is 0.462 e. The van der Waals surface area contributed by atoms with E-state index in [9.17, 15) is 19.0 Å². The maximum atomic E-state index is 12.6. The topological polar surface area (TPSA) is 134 Å². The van der Waals surface area contributed by atoms with E-state index in [0.29, 0.717) is 12.8 Å². The number of phosphoric acid groups is 1. The van der Waals surface area contributed by atoms with E-state index in [1.807, 2.05) is 0 Å². The summed E-state index contributed by atoms with van der Waals surface area (Å²) in [6.07, 6.45) is 43.2. The Balaban J connectivity index is 4.20. The van der Waals surface area contributed by atoms with Crippen molar-refractivity contribution in [1.29, 1.82) is 0 Å². The van der Waals surface area contributed by atoms with Gasteiger partial charge in [0.15, 0.2) is 6.10 Å². The maximum absolute atomic E-state index is 12.6. The van der Waals surface area contributed by atoms with Crippen molar-refractivity contribution in [3.05, 3.63) is 36.5 Å². The van der Waals surface area contributed by atoms with Gasteiger partial charge in [0.2, 0.25) is 0 Å². The lowest BCUT2D eigenvalue weighted by atomic mass is 10.0. The molecule has 0 fully saturated rings. The van der Waals surface area contributed by atoms with Gasteiger partial charge in [0.1, 0.15) is 6.61 Å². The second-order valence-corrected chi connectivity index (χ2v) is 15.7. The molecule has 0 aromatic rings. The number of esters is 2. The van der Waals surface area contributed by atoms with Crippen molar-refractivity contribution >= 4 is 19.8 Å². The van der Waals surface area contributed by atoms with Gasteiger partial charge >= 0.3 is 19.8 Å². The Morgan fingerprint density at radius 1 is 0.566 bits per heavy atom. The Morgan fingerprint density at radius 3 is 1.49 bits per heavy atom. The fourth-order valence-corrected chi connectivity index (χ4v) is 6.58. The zero-order valence-corrected chi connectivity index (χ0v) is 34.9. The van der Waals surface area contributed by atoms with E-state index in [1.165, 1.54) is 109 Å². The van der Waals surface area contributed by atoms with E-state index < -0.39 is 32.5 Å². The monoisotopic (exact) mass is 770 g/mol. The summed E-state index contributed by atoms with van der Waals surface area (Å²) >= 11 is 0. The lowest BCUT2D eigenvalue weighted by Gasteiger charge is -2.19. The minimum atomic E-state index is -4.38. The van der Waals surface area contributed by atoms with Gasteiger partial charge in [0.25, 0.3) is 0 Å². The zero-order chi connectivity index (χ0) is 38.9. The van der Waals surface area contributed by atoms with Gasteiger partial charge in [0.05, 0.1) is 13.2 Å². The molecule has 0 bridgehead atoms. The third kappa shape index (κ3) is 39.7. The first-order valence-electron chi connectivity index (χ1n) is 21.5. The summed E-state index contributed by atoms with van der Waals surface area (Å²) in [5.74, 6) is -0.868. The Kier molecular flexibility index (Phi) is 38.6. The van der Waals surface area contributed by atoms with Gasteiger partial charge in [-0.2, -0.15) is 0 Å². The van der Waals surface area contributed by atoms with Crippen LogP contribution in [-0.2, 0) is 32.7 Å². The van der Waals surface area contributed by atoms with E-state index in [1.54, 1.807) is 0 Å². The highest BCUT2D eigenvalue weighted by molar-refractivity contribution is 7.47. The number of allylic oxidation sites excluding steroid dienone is 6. The van der Waals surface area contributed by atoms with Crippen LogP contribution in [0, 0.1) is 0 Å². The minimum absolute atomic E-state index is 0.0489. The molecule has 0 saturated heterocycles. The third-order valence-corrected chi connectivity index (χ3v) is 10.0. The molecule has 10 heteroatoms. The van der Waals surface area contributed by atoms with Crippen LogP contribution in [0.4, 0.5) is 0 Å². The first kappa shape index (κ1) is 51.2. The van der Waals surface area contributed by atoms with E-state index in [-0.39, 0.29) is 32.6 Å². The fourth-order valence-electron chi connectivity index (χ4n) is 5.82. The predicted octanol–water partition coefficient (Wildman–Crippen LogP) is 12.2. The number of rotatable bonds is 40. The van der Waals surface area contributed by atoms with Crippen molar-refractivity contribution in [2.24, 2.45) is 5.73 Å². The SMILES string of the molecule is CCCCC/C=C\C/C=C\C/C=C\CCCCC(=O)OC[C@H](COP(=O)(O)OCCN)OC(=O)CCCCCCCCCCCCCCCCCCC.